The average Bonchev–Trinajstić information content (AvgIpc) is 2.99. The number of benzene rings is 3. The summed E-state index contributed by atoms with van der Waals surface area (Å²) in [5, 5.41) is 3.03. The summed E-state index contributed by atoms with van der Waals surface area (Å²) in [7, 11) is -2.00. The number of carbonyl (C=O) groups is 1. The van der Waals surface area contributed by atoms with Gasteiger partial charge >= 0.3 is 0 Å². The van der Waals surface area contributed by atoms with Crippen molar-refractivity contribution in [1.82, 2.24) is 10.3 Å². The van der Waals surface area contributed by atoms with E-state index in [2.05, 4.69) is 17.3 Å². The highest BCUT2D eigenvalue weighted by Crippen LogP contribution is 2.26. The van der Waals surface area contributed by atoms with E-state index in [1.807, 2.05) is 43.3 Å². The molecule has 0 bridgehead atoms. The molecule has 1 aliphatic heterocycles. The summed E-state index contributed by atoms with van der Waals surface area (Å²) < 4.78 is 51.0. The Morgan fingerprint density at radius 1 is 0.907 bits per heavy atom. The molecule has 1 aromatic heterocycles. The molecule has 4 aromatic rings. The third-order valence-electron chi connectivity index (χ3n) is 7.37. The Bertz CT molecular complexity index is 1600. The van der Waals surface area contributed by atoms with Gasteiger partial charge in [-0.3, -0.25) is 9.78 Å². The van der Waals surface area contributed by atoms with Gasteiger partial charge < -0.3 is 19.1 Å². The maximum absolute atomic E-state index is 13.0. The highest BCUT2D eigenvalue weighted by atomic mass is 32.2. The lowest BCUT2D eigenvalue weighted by atomic mass is 10.1. The van der Waals surface area contributed by atoms with Gasteiger partial charge in [-0.2, -0.15) is 0 Å². The van der Waals surface area contributed by atoms with Gasteiger partial charge in [0.25, 0.3) is 5.91 Å². The van der Waals surface area contributed by atoms with Gasteiger partial charge in [0.2, 0.25) is 0 Å². The molecule has 0 radical (unpaired) electrons. The number of likely N-dealkylation sites (N-methyl/N-ethyl adjacent to an activating group) is 1. The van der Waals surface area contributed by atoms with Gasteiger partial charge in [-0.1, -0.05) is 29.8 Å². The first-order valence-electron chi connectivity index (χ1n) is 14.2. The SMILES string of the molecule is C[N+]1(CCNC(=O)c2cc(-c3ccc(Oc4ccc(F)cc4)cc3)ccn2)CCCCC1.Cc1ccc(S(=O)(=O)[O-])cc1. The lowest BCUT2D eigenvalue weighted by Crippen LogP contribution is -2.51. The topological polar surface area (TPSA) is 108 Å². The fraction of sp³-hybridized carbons (Fsp3) is 0.273. The van der Waals surface area contributed by atoms with Crippen LogP contribution in [0, 0.1) is 12.7 Å². The van der Waals surface area contributed by atoms with E-state index in [0.29, 0.717) is 23.7 Å². The molecule has 0 unspecified atom stereocenters. The molecule has 226 valence electrons. The average molecular weight is 606 g/mol. The number of carbonyl (C=O) groups excluding carboxylic acids is 1. The van der Waals surface area contributed by atoms with E-state index in [1.54, 1.807) is 30.5 Å². The van der Waals surface area contributed by atoms with Crippen LogP contribution in [0.3, 0.4) is 0 Å². The number of piperidine rings is 1. The van der Waals surface area contributed by atoms with Gasteiger partial charge in [0.05, 0.1) is 38.1 Å². The lowest BCUT2D eigenvalue weighted by molar-refractivity contribution is -0.912. The van der Waals surface area contributed by atoms with Crippen molar-refractivity contribution in [1.29, 1.82) is 0 Å². The largest absolute Gasteiger partial charge is 0.744 e. The molecule has 1 N–H and O–H groups in total. The zero-order valence-corrected chi connectivity index (χ0v) is 25.1. The van der Waals surface area contributed by atoms with E-state index in [0.717, 1.165) is 27.7 Å². The Balaban J connectivity index is 0.000000324. The summed E-state index contributed by atoms with van der Waals surface area (Å²) in [5.74, 6) is 0.781. The van der Waals surface area contributed by atoms with Crippen LogP contribution in [-0.2, 0) is 10.1 Å². The number of pyridine rings is 1. The smallest absolute Gasteiger partial charge is 0.270 e. The molecule has 0 saturated carbocycles. The molecule has 5 rings (SSSR count). The van der Waals surface area contributed by atoms with Gasteiger partial charge in [-0.15, -0.1) is 0 Å². The first-order chi connectivity index (χ1) is 20.5. The normalized spacial score (nSPS) is 14.2. The van der Waals surface area contributed by atoms with E-state index in [-0.39, 0.29) is 16.6 Å². The number of amides is 1. The summed E-state index contributed by atoms with van der Waals surface area (Å²) >= 11 is 0. The summed E-state index contributed by atoms with van der Waals surface area (Å²) in [6.45, 7) is 5.79. The number of hydrogen-bond donors (Lipinski definition) is 1. The second-order valence-corrected chi connectivity index (χ2v) is 12.3. The minimum absolute atomic E-state index is 0.147. The quantitative estimate of drug-likeness (QED) is 0.197. The third-order valence-corrected chi connectivity index (χ3v) is 8.22. The maximum Gasteiger partial charge on any atom is 0.270 e. The number of ether oxygens (including phenoxy) is 1. The number of aryl methyl sites for hydroxylation is 1. The van der Waals surface area contributed by atoms with Crippen LogP contribution in [0.5, 0.6) is 11.5 Å². The minimum Gasteiger partial charge on any atom is -0.744 e. The molecule has 0 atom stereocenters. The number of quaternary nitrogens is 1. The Hall–Kier alpha value is -4.12. The van der Waals surface area contributed by atoms with Gasteiger partial charge in [-0.05, 0) is 98.0 Å². The molecule has 0 spiro atoms. The number of halogens is 1. The predicted octanol–water partition coefficient (Wildman–Crippen LogP) is 5.94. The van der Waals surface area contributed by atoms with Crippen molar-refractivity contribution >= 4 is 16.0 Å². The summed E-state index contributed by atoms with van der Waals surface area (Å²) in [6, 6.07) is 22.9. The fourth-order valence-electron chi connectivity index (χ4n) is 4.82. The summed E-state index contributed by atoms with van der Waals surface area (Å²) in [6.07, 6.45) is 5.51. The van der Waals surface area contributed by atoms with Crippen molar-refractivity contribution in [3.63, 3.8) is 0 Å². The zero-order valence-electron chi connectivity index (χ0n) is 24.3. The van der Waals surface area contributed by atoms with E-state index < -0.39 is 10.1 Å². The third kappa shape index (κ3) is 9.71. The van der Waals surface area contributed by atoms with Crippen LogP contribution in [0.4, 0.5) is 4.39 Å². The lowest BCUT2D eigenvalue weighted by Gasteiger charge is -2.37. The highest BCUT2D eigenvalue weighted by Gasteiger charge is 2.24. The fourth-order valence-corrected chi connectivity index (χ4v) is 5.29. The first-order valence-corrected chi connectivity index (χ1v) is 15.6. The molecule has 2 heterocycles. The molecule has 10 heteroatoms. The molecule has 8 nitrogen and oxygen atoms in total. The Labute approximate surface area is 252 Å². The second-order valence-electron chi connectivity index (χ2n) is 10.9. The van der Waals surface area contributed by atoms with Crippen LogP contribution in [-0.4, -0.2) is 61.6 Å². The molecule has 1 amide bonds. The van der Waals surface area contributed by atoms with Gasteiger partial charge in [0.15, 0.2) is 0 Å². The van der Waals surface area contributed by atoms with Gasteiger partial charge in [0.1, 0.15) is 33.1 Å². The number of nitrogens with one attached hydrogen (secondary N) is 1. The summed E-state index contributed by atoms with van der Waals surface area (Å²) in [5.41, 5.74) is 3.21. The molecule has 0 aliphatic carbocycles. The standard InChI is InChI=1S/C26H28FN3O2.C7H8O3S/c1-30(16-3-2-4-17-30)18-15-29-26(31)25-19-21(13-14-28-25)20-5-9-23(10-6-20)32-24-11-7-22(27)8-12-24;1-6-2-4-7(5-3-6)11(8,9)10/h5-14,19H,2-4,15-18H2,1H3;2-5H,1H3,(H,8,9,10). The molecule has 1 saturated heterocycles. The number of rotatable bonds is 8. The van der Waals surface area contributed by atoms with Gasteiger partial charge in [-0.25, -0.2) is 12.8 Å². The zero-order chi connectivity index (χ0) is 30.9. The Morgan fingerprint density at radius 2 is 1.51 bits per heavy atom. The number of nitrogens with zero attached hydrogens (tertiary/aromatic N) is 2. The molecular weight excluding hydrogens is 569 g/mol. The van der Waals surface area contributed by atoms with Crippen LogP contribution in [0.2, 0.25) is 0 Å². The van der Waals surface area contributed by atoms with Crippen molar-refractivity contribution in [2.45, 2.75) is 31.1 Å². The predicted molar refractivity (Wildman–Crippen MR) is 162 cm³/mol. The van der Waals surface area contributed by atoms with Crippen molar-refractivity contribution < 1.29 is 31.4 Å². The number of likely N-dealkylation sites (tertiary alicyclic amines) is 1. The van der Waals surface area contributed by atoms with Crippen molar-refractivity contribution in [3.8, 4) is 22.6 Å². The Morgan fingerprint density at radius 3 is 2.12 bits per heavy atom. The molecule has 43 heavy (non-hydrogen) atoms. The van der Waals surface area contributed by atoms with Crippen LogP contribution in [0.15, 0.2) is 96.0 Å². The van der Waals surface area contributed by atoms with Gasteiger partial charge in [0, 0.05) is 6.20 Å². The highest BCUT2D eigenvalue weighted by molar-refractivity contribution is 7.85. The molecule has 1 fully saturated rings. The van der Waals surface area contributed by atoms with E-state index >= 15 is 0 Å². The maximum atomic E-state index is 13.0. The molecule has 3 aromatic carbocycles. The van der Waals surface area contributed by atoms with Crippen LogP contribution < -0.4 is 10.1 Å². The van der Waals surface area contributed by atoms with Crippen LogP contribution >= 0.6 is 0 Å². The number of hydrogen-bond acceptors (Lipinski definition) is 6. The van der Waals surface area contributed by atoms with E-state index in [9.17, 15) is 22.2 Å². The first kappa shape index (κ1) is 31.8. The monoisotopic (exact) mass is 605 g/mol. The minimum atomic E-state index is -4.27. The van der Waals surface area contributed by atoms with Crippen LogP contribution in [0.25, 0.3) is 11.1 Å². The Kier molecular flexibility index (Phi) is 10.6. The molecule has 1 aliphatic rings. The van der Waals surface area contributed by atoms with E-state index in [4.69, 9.17) is 4.74 Å². The molecular formula is C33H36FN3O5S. The summed E-state index contributed by atoms with van der Waals surface area (Å²) in [4.78, 5) is 16.7. The van der Waals surface area contributed by atoms with Crippen molar-refractivity contribution in [2.75, 3.05) is 33.2 Å². The van der Waals surface area contributed by atoms with Crippen molar-refractivity contribution in [2.24, 2.45) is 0 Å². The number of aromatic nitrogens is 1. The van der Waals surface area contributed by atoms with E-state index in [1.165, 1.54) is 56.6 Å². The second kappa shape index (κ2) is 14.4. The van der Waals surface area contributed by atoms with Crippen LogP contribution in [0.1, 0.15) is 35.3 Å². The van der Waals surface area contributed by atoms with Crippen molar-refractivity contribution in [3.05, 3.63) is 108 Å².